The maximum Gasteiger partial charge on any atom is 0.163 e. The first kappa shape index (κ1) is 10.8. The van der Waals surface area contributed by atoms with Gasteiger partial charge in [0.1, 0.15) is 5.75 Å². The zero-order valence-electron chi connectivity index (χ0n) is 10.1. The smallest absolute Gasteiger partial charge is 0.163 e. The van der Waals surface area contributed by atoms with Gasteiger partial charge in [0.05, 0.1) is 6.10 Å². The lowest BCUT2D eigenvalue weighted by molar-refractivity contribution is 0.0993. The van der Waals surface area contributed by atoms with Crippen LogP contribution in [0.25, 0.3) is 0 Å². The predicted molar refractivity (Wildman–Crippen MR) is 66.6 cm³/mol. The summed E-state index contributed by atoms with van der Waals surface area (Å²) in [5.74, 6) is 1.15. The molecule has 1 aromatic rings. The summed E-state index contributed by atoms with van der Waals surface area (Å²) in [7, 11) is 0. The number of benzene rings is 1. The van der Waals surface area contributed by atoms with Crippen LogP contribution in [0.3, 0.4) is 0 Å². The summed E-state index contributed by atoms with van der Waals surface area (Å²) < 4.78 is 5.98. The van der Waals surface area contributed by atoms with Crippen molar-refractivity contribution in [3.8, 4) is 5.75 Å². The molecular weight excluding hydrogens is 212 g/mol. The van der Waals surface area contributed by atoms with Gasteiger partial charge in [0.25, 0.3) is 0 Å². The normalized spacial score (nSPS) is 20.4. The highest BCUT2D eigenvalue weighted by Crippen LogP contribution is 2.28. The Bertz CT molecular complexity index is 431. The van der Waals surface area contributed by atoms with E-state index in [9.17, 15) is 4.79 Å². The molecule has 0 saturated heterocycles. The van der Waals surface area contributed by atoms with Crippen LogP contribution in [-0.4, -0.2) is 11.9 Å². The van der Waals surface area contributed by atoms with Gasteiger partial charge in [0.2, 0.25) is 0 Å². The molecule has 0 radical (unpaired) electrons. The minimum Gasteiger partial charge on any atom is -0.490 e. The van der Waals surface area contributed by atoms with Crippen LogP contribution in [-0.2, 0) is 6.42 Å². The molecule has 2 aliphatic carbocycles. The number of carbonyl (C=O) groups excluding carboxylic acids is 1. The van der Waals surface area contributed by atoms with Crippen LogP contribution in [0.2, 0.25) is 0 Å². The molecule has 0 spiro atoms. The number of aryl methyl sites for hydroxylation is 1. The molecule has 1 saturated carbocycles. The average molecular weight is 230 g/mol. The summed E-state index contributed by atoms with van der Waals surface area (Å²) in [6.45, 7) is 0. The molecule has 0 amide bonds. The first-order valence-electron chi connectivity index (χ1n) is 6.66. The molecule has 0 atom stereocenters. The van der Waals surface area contributed by atoms with Gasteiger partial charge in [0.15, 0.2) is 5.78 Å². The molecule has 0 aromatic heterocycles. The SMILES string of the molecule is O=C1CCc2ccc(OC3CCCCC3)cc21. The number of Topliss-reactive ketones (excluding diaryl/α,β-unsaturated/α-hetero) is 1. The van der Waals surface area contributed by atoms with Crippen LogP contribution in [0.1, 0.15) is 54.4 Å². The average Bonchev–Trinajstić information content (AvgIpc) is 2.73. The highest BCUT2D eigenvalue weighted by atomic mass is 16.5. The third-order valence-electron chi connectivity index (χ3n) is 3.86. The van der Waals surface area contributed by atoms with Gasteiger partial charge in [-0.15, -0.1) is 0 Å². The van der Waals surface area contributed by atoms with Crippen molar-refractivity contribution in [2.75, 3.05) is 0 Å². The number of fused-ring (bicyclic) bond motifs is 1. The Hall–Kier alpha value is -1.31. The number of hydrogen-bond acceptors (Lipinski definition) is 2. The van der Waals surface area contributed by atoms with Crippen LogP contribution in [0.4, 0.5) is 0 Å². The van der Waals surface area contributed by atoms with Gasteiger partial charge in [-0.2, -0.15) is 0 Å². The fourth-order valence-corrected chi connectivity index (χ4v) is 2.86. The Morgan fingerprint density at radius 2 is 1.88 bits per heavy atom. The molecule has 2 aliphatic rings. The van der Waals surface area contributed by atoms with E-state index in [2.05, 4.69) is 6.07 Å². The molecule has 1 fully saturated rings. The molecule has 0 unspecified atom stereocenters. The fourth-order valence-electron chi connectivity index (χ4n) is 2.86. The molecule has 17 heavy (non-hydrogen) atoms. The molecule has 2 heteroatoms. The third kappa shape index (κ3) is 2.21. The van der Waals surface area contributed by atoms with Crippen molar-refractivity contribution < 1.29 is 9.53 Å². The van der Waals surface area contributed by atoms with Crippen molar-refractivity contribution in [2.45, 2.75) is 51.0 Å². The number of ether oxygens (including phenoxy) is 1. The quantitative estimate of drug-likeness (QED) is 0.777. The fraction of sp³-hybridized carbons (Fsp3) is 0.533. The minimum atomic E-state index is 0.272. The van der Waals surface area contributed by atoms with Crippen molar-refractivity contribution in [3.63, 3.8) is 0 Å². The Morgan fingerprint density at radius 1 is 1.06 bits per heavy atom. The lowest BCUT2D eigenvalue weighted by Gasteiger charge is -2.23. The van der Waals surface area contributed by atoms with Crippen molar-refractivity contribution >= 4 is 5.78 Å². The van der Waals surface area contributed by atoms with E-state index < -0.39 is 0 Å². The number of hydrogen-bond donors (Lipinski definition) is 0. The van der Waals surface area contributed by atoms with Crippen LogP contribution >= 0.6 is 0 Å². The molecule has 0 heterocycles. The minimum absolute atomic E-state index is 0.272. The molecular formula is C15H18O2. The summed E-state index contributed by atoms with van der Waals surface area (Å²) in [5, 5.41) is 0. The van der Waals surface area contributed by atoms with E-state index in [1.54, 1.807) is 0 Å². The Balaban J connectivity index is 1.75. The molecule has 2 nitrogen and oxygen atoms in total. The van der Waals surface area contributed by atoms with Gasteiger partial charge in [-0.1, -0.05) is 12.5 Å². The zero-order chi connectivity index (χ0) is 11.7. The van der Waals surface area contributed by atoms with Gasteiger partial charge in [-0.05, 0) is 49.8 Å². The lowest BCUT2D eigenvalue weighted by atomic mass is 9.98. The van der Waals surface area contributed by atoms with E-state index in [-0.39, 0.29) is 5.78 Å². The van der Waals surface area contributed by atoms with Crippen LogP contribution in [0.5, 0.6) is 5.75 Å². The van der Waals surface area contributed by atoms with Crippen LogP contribution in [0.15, 0.2) is 18.2 Å². The van der Waals surface area contributed by atoms with Gasteiger partial charge in [0, 0.05) is 12.0 Å². The van der Waals surface area contributed by atoms with E-state index in [1.165, 1.54) is 24.8 Å². The molecule has 0 N–H and O–H groups in total. The van der Waals surface area contributed by atoms with Gasteiger partial charge in [-0.25, -0.2) is 0 Å². The van der Waals surface area contributed by atoms with E-state index in [0.717, 1.165) is 30.6 Å². The summed E-state index contributed by atoms with van der Waals surface area (Å²) in [5.41, 5.74) is 2.07. The topological polar surface area (TPSA) is 26.3 Å². The molecule has 1 aromatic carbocycles. The summed E-state index contributed by atoms with van der Waals surface area (Å²) >= 11 is 0. The molecule has 90 valence electrons. The van der Waals surface area contributed by atoms with Crippen molar-refractivity contribution in [1.82, 2.24) is 0 Å². The summed E-state index contributed by atoms with van der Waals surface area (Å²) in [6, 6.07) is 6.02. The van der Waals surface area contributed by atoms with Crippen molar-refractivity contribution in [2.24, 2.45) is 0 Å². The summed E-state index contributed by atoms with van der Waals surface area (Å²) in [6.07, 6.45) is 8.13. The van der Waals surface area contributed by atoms with Crippen molar-refractivity contribution in [1.29, 1.82) is 0 Å². The Labute approximate surface area is 102 Å². The third-order valence-corrected chi connectivity index (χ3v) is 3.86. The van der Waals surface area contributed by atoms with Crippen LogP contribution in [0, 0.1) is 0 Å². The highest BCUT2D eigenvalue weighted by Gasteiger charge is 2.21. The largest absolute Gasteiger partial charge is 0.490 e. The molecule has 0 bridgehead atoms. The second kappa shape index (κ2) is 4.52. The standard InChI is InChI=1S/C15H18O2/c16-15-9-7-11-6-8-13(10-14(11)15)17-12-4-2-1-3-5-12/h6,8,10,12H,1-5,7,9H2. The van der Waals surface area contributed by atoms with E-state index in [0.29, 0.717) is 12.5 Å². The van der Waals surface area contributed by atoms with Gasteiger partial charge in [-0.3, -0.25) is 4.79 Å². The molecule has 0 aliphatic heterocycles. The zero-order valence-corrected chi connectivity index (χ0v) is 10.1. The monoisotopic (exact) mass is 230 g/mol. The molecule has 3 rings (SSSR count). The maximum atomic E-state index is 11.7. The van der Waals surface area contributed by atoms with E-state index in [1.807, 2.05) is 12.1 Å². The number of rotatable bonds is 2. The number of ketones is 1. The maximum absolute atomic E-state index is 11.7. The first-order valence-corrected chi connectivity index (χ1v) is 6.66. The van der Waals surface area contributed by atoms with Gasteiger partial charge < -0.3 is 4.74 Å². The second-order valence-corrected chi connectivity index (χ2v) is 5.12. The Kier molecular flexibility index (Phi) is 2.87. The first-order chi connectivity index (χ1) is 8.33. The van der Waals surface area contributed by atoms with E-state index in [4.69, 9.17) is 4.74 Å². The van der Waals surface area contributed by atoms with Crippen molar-refractivity contribution in [3.05, 3.63) is 29.3 Å². The summed E-state index contributed by atoms with van der Waals surface area (Å²) in [4.78, 5) is 11.7. The highest BCUT2D eigenvalue weighted by molar-refractivity contribution is 6.00. The second-order valence-electron chi connectivity index (χ2n) is 5.12. The lowest BCUT2D eigenvalue weighted by Crippen LogP contribution is -2.19. The predicted octanol–water partition coefficient (Wildman–Crippen LogP) is 3.53. The van der Waals surface area contributed by atoms with E-state index >= 15 is 0 Å². The van der Waals surface area contributed by atoms with Gasteiger partial charge >= 0.3 is 0 Å². The Morgan fingerprint density at radius 3 is 2.71 bits per heavy atom. The van der Waals surface area contributed by atoms with Crippen LogP contribution < -0.4 is 4.74 Å². The number of carbonyl (C=O) groups is 1.